The van der Waals surface area contributed by atoms with E-state index in [1.54, 1.807) is 12.1 Å². The number of halogens is 1. The van der Waals surface area contributed by atoms with Crippen LogP contribution >= 0.6 is 0 Å². The molecule has 0 aliphatic carbocycles. The zero-order valence-electron chi connectivity index (χ0n) is 8.82. The lowest BCUT2D eigenvalue weighted by molar-refractivity contribution is -0.143. The summed E-state index contributed by atoms with van der Waals surface area (Å²) in [6, 6.07) is 5.82. The topological polar surface area (TPSA) is 49.3 Å². The van der Waals surface area contributed by atoms with Gasteiger partial charge in [-0.2, -0.15) is 0 Å². The van der Waals surface area contributed by atoms with Crippen LogP contribution in [0.4, 0.5) is 4.39 Å². The van der Waals surface area contributed by atoms with E-state index < -0.39 is 11.9 Å². The molecule has 2 rings (SSSR count). The Morgan fingerprint density at radius 2 is 2.06 bits per heavy atom. The minimum atomic E-state index is -0.790. The van der Waals surface area contributed by atoms with Crippen LogP contribution < -0.4 is 5.32 Å². The molecular weight excluding hydrogens is 209 g/mol. The highest BCUT2D eigenvalue weighted by Crippen LogP contribution is 2.29. The molecule has 3 nitrogen and oxygen atoms in total. The lowest BCUT2D eigenvalue weighted by atomic mass is 9.86. The molecule has 1 aliphatic heterocycles. The molecule has 4 heteroatoms. The largest absolute Gasteiger partial charge is 0.481 e. The summed E-state index contributed by atoms with van der Waals surface area (Å²) in [4.78, 5) is 11.1. The summed E-state index contributed by atoms with van der Waals surface area (Å²) in [5, 5.41) is 12.3. The predicted octanol–water partition coefficient (Wildman–Crippen LogP) is 1.95. The van der Waals surface area contributed by atoms with Crippen molar-refractivity contribution in [2.24, 2.45) is 5.92 Å². The molecule has 1 unspecified atom stereocenters. The number of aliphatic carboxylic acids is 1. The van der Waals surface area contributed by atoms with Crippen molar-refractivity contribution in [1.29, 1.82) is 0 Å². The first-order valence-corrected chi connectivity index (χ1v) is 5.40. The second-order valence-electron chi connectivity index (χ2n) is 4.07. The fourth-order valence-electron chi connectivity index (χ4n) is 2.17. The Bertz CT molecular complexity index is 377. The van der Waals surface area contributed by atoms with Crippen molar-refractivity contribution >= 4 is 5.97 Å². The molecule has 0 aromatic heterocycles. The van der Waals surface area contributed by atoms with Crippen LogP contribution in [-0.4, -0.2) is 17.6 Å². The third-order valence-electron chi connectivity index (χ3n) is 3.00. The average molecular weight is 223 g/mol. The zero-order chi connectivity index (χ0) is 11.5. The van der Waals surface area contributed by atoms with Crippen LogP contribution in [0, 0.1) is 11.7 Å². The van der Waals surface area contributed by atoms with Gasteiger partial charge in [0.15, 0.2) is 0 Å². The van der Waals surface area contributed by atoms with E-state index in [-0.39, 0.29) is 11.9 Å². The molecular formula is C12H14FNO2. The van der Waals surface area contributed by atoms with E-state index >= 15 is 0 Å². The summed E-state index contributed by atoms with van der Waals surface area (Å²) >= 11 is 0. The number of nitrogens with one attached hydrogen (secondary N) is 1. The van der Waals surface area contributed by atoms with Gasteiger partial charge in [0.05, 0.1) is 5.92 Å². The van der Waals surface area contributed by atoms with Gasteiger partial charge in [-0.1, -0.05) is 12.1 Å². The number of carbonyl (C=O) groups is 1. The number of rotatable bonds is 2. The van der Waals surface area contributed by atoms with Gasteiger partial charge in [-0.3, -0.25) is 4.79 Å². The minimum Gasteiger partial charge on any atom is -0.481 e. The first kappa shape index (κ1) is 11.1. The molecule has 16 heavy (non-hydrogen) atoms. The highest BCUT2D eigenvalue weighted by atomic mass is 19.1. The highest BCUT2D eigenvalue weighted by Gasteiger charge is 2.31. The Hall–Kier alpha value is -1.42. The van der Waals surface area contributed by atoms with Gasteiger partial charge >= 0.3 is 5.97 Å². The Balaban J connectivity index is 2.23. The van der Waals surface area contributed by atoms with Gasteiger partial charge in [0.2, 0.25) is 0 Å². The van der Waals surface area contributed by atoms with Gasteiger partial charge in [-0.25, -0.2) is 4.39 Å². The summed E-state index contributed by atoms with van der Waals surface area (Å²) in [5.74, 6) is -1.51. The summed E-state index contributed by atoms with van der Waals surface area (Å²) < 4.78 is 12.8. The second kappa shape index (κ2) is 4.61. The second-order valence-corrected chi connectivity index (χ2v) is 4.07. The van der Waals surface area contributed by atoms with Gasteiger partial charge in [-0.05, 0) is 37.1 Å². The molecule has 2 N–H and O–H groups in total. The maximum atomic E-state index is 12.8. The number of piperidine rings is 1. The molecule has 1 aromatic carbocycles. The van der Waals surface area contributed by atoms with Crippen molar-refractivity contribution in [1.82, 2.24) is 5.32 Å². The number of carboxylic acids is 1. The molecule has 0 radical (unpaired) electrons. The van der Waals surface area contributed by atoms with Crippen molar-refractivity contribution in [2.75, 3.05) is 6.54 Å². The summed E-state index contributed by atoms with van der Waals surface area (Å²) in [5.41, 5.74) is 0.841. The lowest BCUT2D eigenvalue weighted by Crippen LogP contribution is -2.38. The molecule has 0 bridgehead atoms. The van der Waals surface area contributed by atoms with E-state index in [9.17, 15) is 9.18 Å². The summed E-state index contributed by atoms with van der Waals surface area (Å²) in [6.45, 7) is 0.811. The molecule has 0 saturated carbocycles. The zero-order valence-corrected chi connectivity index (χ0v) is 8.82. The lowest BCUT2D eigenvalue weighted by Gasteiger charge is -2.30. The average Bonchev–Trinajstić information content (AvgIpc) is 2.30. The number of benzene rings is 1. The normalized spacial score (nSPS) is 25.3. The maximum absolute atomic E-state index is 12.8. The molecule has 1 saturated heterocycles. The highest BCUT2D eigenvalue weighted by molar-refractivity contribution is 5.71. The first-order valence-electron chi connectivity index (χ1n) is 5.40. The third kappa shape index (κ3) is 2.22. The van der Waals surface area contributed by atoms with Gasteiger partial charge in [0.25, 0.3) is 0 Å². The Morgan fingerprint density at radius 1 is 1.38 bits per heavy atom. The van der Waals surface area contributed by atoms with Crippen molar-refractivity contribution in [3.63, 3.8) is 0 Å². The SMILES string of the molecule is O=C(O)C1CCCN[C@@H]1c1ccc(F)cc1. The van der Waals surface area contributed by atoms with Gasteiger partial charge in [-0.15, -0.1) is 0 Å². The van der Waals surface area contributed by atoms with Crippen LogP contribution in [0.5, 0.6) is 0 Å². The smallest absolute Gasteiger partial charge is 0.308 e. The molecule has 0 spiro atoms. The van der Waals surface area contributed by atoms with Crippen molar-refractivity contribution in [3.05, 3.63) is 35.6 Å². The number of carboxylic acid groups (broad SMARTS) is 1. The van der Waals surface area contributed by atoms with Gasteiger partial charge in [0.1, 0.15) is 5.82 Å². The van der Waals surface area contributed by atoms with Gasteiger partial charge in [0, 0.05) is 6.04 Å². The molecule has 1 fully saturated rings. The molecule has 1 aliphatic rings. The molecule has 86 valence electrons. The Kier molecular flexibility index (Phi) is 3.19. The number of hydrogen-bond donors (Lipinski definition) is 2. The Labute approximate surface area is 93.3 Å². The predicted molar refractivity (Wildman–Crippen MR) is 57.5 cm³/mol. The van der Waals surface area contributed by atoms with E-state index in [1.807, 2.05) is 0 Å². The van der Waals surface area contributed by atoms with Crippen LogP contribution in [0.3, 0.4) is 0 Å². The fraction of sp³-hybridized carbons (Fsp3) is 0.417. The number of hydrogen-bond acceptors (Lipinski definition) is 2. The van der Waals surface area contributed by atoms with E-state index in [2.05, 4.69) is 5.32 Å². The minimum absolute atomic E-state index is 0.202. The van der Waals surface area contributed by atoms with E-state index in [4.69, 9.17) is 5.11 Å². The first-order chi connectivity index (χ1) is 7.68. The third-order valence-corrected chi connectivity index (χ3v) is 3.00. The van der Waals surface area contributed by atoms with Crippen molar-refractivity contribution in [3.8, 4) is 0 Å². The quantitative estimate of drug-likeness (QED) is 0.805. The molecule has 1 aromatic rings. The van der Waals surface area contributed by atoms with E-state index in [0.717, 1.165) is 18.5 Å². The van der Waals surface area contributed by atoms with Crippen LogP contribution in [0.1, 0.15) is 24.4 Å². The molecule has 0 amide bonds. The Morgan fingerprint density at radius 3 is 2.69 bits per heavy atom. The van der Waals surface area contributed by atoms with Crippen molar-refractivity contribution < 1.29 is 14.3 Å². The van der Waals surface area contributed by atoms with E-state index in [0.29, 0.717) is 6.42 Å². The van der Waals surface area contributed by atoms with Crippen LogP contribution in [-0.2, 0) is 4.79 Å². The van der Waals surface area contributed by atoms with Crippen LogP contribution in [0.2, 0.25) is 0 Å². The van der Waals surface area contributed by atoms with Crippen LogP contribution in [0.15, 0.2) is 24.3 Å². The molecule has 1 heterocycles. The van der Waals surface area contributed by atoms with Crippen LogP contribution in [0.25, 0.3) is 0 Å². The standard InChI is InChI=1S/C12H14FNO2/c13-9-5-3-8(4-6-9)11-10(12(15)16)2-1-7-14-11/h3-6,10-11,14H,1-2,7H2,(H,15,16)/t10?,11-/m1/s1. The van der Waals surface area contributed by atoms with Gasteiger partial charge < -0.3 is 10.4 Å². The molecule has 2 atom stereocenters. The fourth-order valence-corrected chi connectivity index (χ4v) is 2.17. The van der Waals surface area contributed by atoms with Crippen molar-refractivity contribution in [2.45, 2.75) is 18.9 Å². The maximum Gasteiger partial charge on any atom is 0.308 e. The van der Waals surface area contributed by atoms with E-state index in [1.165, 1.54) is 12.1 Å². The monoisotopic (exact) mass is 223 g/mol. The summed E-state index contributed by atoms with van der Waals surface area (Å²) in [7, 11) is 0. The summed E-state index contributed by atoms with van der Waals surface area (Å²) in [6.07, 6.45) is 1.54.